The number of H-pyrrole nitrogens is 1. The van der Waals surface area contributed by atoms with E-state index in [2.05, 4.69) is 19.9 Å². The highest BCUT2D eigenvalue weighted by Crippen LogP contribution is 2.43. The molecule has 176 valence electrons. The van der Waals surface area contributed by atoms with Crippen LogP contribution in [-0.4, -0.2) is 79.3 Å². The van der Waals surface area contributed by atoms with Crippen molar-refractivity contribution < 1.29 is 34.0 Å². The lowest BCUT2D eigenvalue weighted by Crippen LogP contribution is -2.33. The Bertz CT molecular complexity index is 1040. The van der Waals surface area contributed by atoms with Crippen LogP contribution in [0.15, 0.2) is 6.20 Å². The zero-order chi connectivity index (χ0) is 22.6. The van der Waals surface area contributed by atoms with Crippen molar-refractivity contribution in [2.75, 3.05) is 30.9 Å². The minimum Gasteiger partial charge on any atom is -0.387 e. The molecular weight excluding hydrogens is 463 g/mol. The number of aromatic amines is 1. The van der Waals surface area contributed by atoms with Crippen molar-refractivity contribution in [3.05, 3.63) is 17.0 Å². The Labute approximate surface area is 188 Å². The number of aliphatic hydroxyl groups excluding tert-OH is 2. The lowest BCUT2D eigenvalue weighted by molar-refractivity contribution is -0.0387. The van der Waals surface area contributed by atoms with E-state index >= 15 is 0 Å². The smallest absolute Gasteiger partial charge is 0.350 e. The van der Waals surface area contributed by atoms with Crippen molar-refractivity contribution in [2.45, 2.75) is 43.7 Å². The fraction of sp³-hybridized carbons (Fsp3) is 0.684. The zero-order valence-corrected chi connectivity index (χ0v) is 18.8. The highest BCUT2D eigenvalue weighted by molar-refractivity contribution is 7.51. The summed E-state index contributed by atoms with van der Waals surface area (Å²) in [5.41, 5.74) is 1.72. The number of aromatic nitrogens is 3. The summed E-state index contributed by atoms with van der Waals surface area (Å²) in [7, 11) is -4.35. The number of nitrogens with one attached hydrogen (secondary N) is 1. The van der Waals surface area contributed by atoms with Crippen molar-refractivity contribution in [3.63, 3.8) is 0 Å². The Hall–Kier alpha value is -1.30. The van der Waals surface area contributed by atoms with E-state index in [9.17, 15) is 14.8 Å². The number of rotatable bonds is 6. The summed E-state index contributed by atoms with van der Waals surface area (Å²) in [5.74, 6) is 2.05. The first-order chi connectivity index (χ1) is 15.2. The van der Waals surface area contributed by atoms with Crippen LogP contribution in [0.4, 0.5) is 5.82 Å². The predicted octanol–water partition coefficient (Wildman–Crippen LogP) is 1.16. The monoisotopic (exact) mass is 488 g/mol. The van der Waals surface area contributed by atoms with Crippen molar-refractivity contribution in [1.82, 2.24) is 15.0 Å². The molecule has 0 bridgehead atoms. The Morgan fingerprint density at radius 3 is 2.62 bits per heavy atom. The van der Waals surface area contributed by atoms with Crippen LogP contribution < -0.4 is 4.90 Å². The van der Waals surface area contributed by atoms with Crippen molar-refractivity contribution >= 4 is 36.0 Å². The van der Waals surface area contributed by atoms with Gasteiger partial charge in [-0.15, -0.1) is 0 Å². The first-order valence-corrected chi connectivity index (χ1v) is 12.8. The van der Waals surface area contributed by atoms with Crippen LogP contribution in [0.3, 0.4) is 0 Å². The van der Waals surface area contributed by atoms with Crippen LogP contribution in [0.5, 0.6) is 0 Å². The third kappa shape index (κ3) is 4.17. The molecule has 13 heteroatoms. The lowest BCUT2D eigenvalue weighted by atomic mass is 10.0. The maximum Gasteiger partial charge on any atom is 0.350 e. The van der Waals surface area contributed by atoms with E-state index in [0.717, 1.165) is 18.9 Å². The third-order valence-electron chi connectivity index (χ3n) is 6.74. The highest BCUT2D eigenvalue weighted by Gasteiger charge is 2.45. The zero-order valence-electron chi connectivity index (χ0n) is 17.2. The molecule has 6 atom stereocenters. The number of halogens is 1. The normalized spacial score (nSPS) is 32.8. The molecule has 11 nitrogen and oxygen atoms in total. The minimum absolute atomic E-state index is 0.0833. The van der Waals surface area contributed by atoms with Crippen LogP contribution in [0.2, 0.25) is 5.28 Å². The molecule has 2 aromatic heterocycles. The number of anilines is 1. The van der Waals surface area contributed by atoms with Gasteiger partial charge in [0.05, 0.1) is 6.61 Å². The van der Waals surface area contributed by atoms with Crippen LogP contribution in [-0.2, 0) is 14.0 Å². The summed E-state index contributed by atoms with van der Waals surface area (Å²) in [4.78, 5) is 32.1. The SMILES string of the molecule is O=P(O)(O)COCC1O[C@@H](c2c[nH]c3c(N4CC5CCCC5C4)nc(Cl)nc23)[C@H](O)[C@@H]1O. The second-order valence-corrected chi connectivity index (χ2v) is 10.8. The summed E-state index contributed by atoms with van der Waals surface area (Å²) in [6, 6.07) is 0. The van der Waals surface area contributed by atoms with E-state index in [0.29, 0.717) is 28.4 Å². The molecule has 1 aliphatic carbocycles. The molecule has 0 spiro atoms. The summed E-state index contributed by atoms with van der Waals surface area (Å²) < 4.78 is 21.7. The molecule has 32 heavy (non-hydrogen) atoms. The molecule has 5 N–H and O–H groups in total. The van der Waals surface area contributed by atoms with E-state index in [1.54, 1.807) is 6.20 Å². The van der Waals surface area contributed by atoms with Crippen LogP contribution in [0.1, 0.15) is 30.9 Å². The van der Waals surface area contributed by atoms with E-state index in [1.165, 1.54) is 19.3 Å². The Kier molecular flexibility index (Phi) is 5.96. The molecule has 2 aliphatic heterocycles. The van der Waals surface area contributed by atoms with Crippen molar-refractivity contribution in [2.24, 2.45) is 11.8 Å². The summed E-state index contributed by atoms with van der Waals surface area (Å²) in [6.07, 6.45) is 0.147. The predicted molar refractivity (Wildman–Crippen MR) is 114 cm³/mol. The van der Waals surface area contributed by atoms with Crippen LogP contribution in [0, 0.1) is 11.8 Å². The first kappa shape index (κ1) is 22.5. The summed E-state index contributed by atoms with van der Waals surface area (Å²) >= 11 is 6.25. The van der Waals surface area contributed by atoms with Gasteiger partial charge in [-0.25, -0.2) is 4.98 Å². The molecule has 0 amide bonds. The van der Waals surface area contributed by atoms with E-state index in [-0.39, 0.29) is 11.9 Å². The first-order valence-electron chi connectivity index (χ1n) is 10.6. The average Bonchev–Trinajstić information content (AvgIpc) is 3.46. The summed E-state index contributed by atoms with van der Waals surface area (Å²) in [5, 5.41) is 21.1. The quantitative estimate of drug-likeness (QED) is 0.294. The van der Waals surface area contributed by atoms with E-state index in [1.807, 2.05) is 0 Å². The number of ether oxygens (including phenoxy) is 2. The van der Waals surface area contributed by atoms with Gasteiger partial charge < -0.3 is 39.4 Å². The average molecular weight is 489 g/mol. The standard InChI is InChI=1S/C19H26ClN4O7P/c20-19-22-13-11(17-16(26)15(25)12(31-17)7-30-8-32(27,28)29)4-21-14(13)18(23-19)24-5-9-2-1-3-10(9)6-24/h4,9-10,12,15-17,21,25-26H,1-3,5-8H2,(H2,27,28,29)/t9?,10?,12?,15-,16-,17+/m1/s1. The Morgan fingerprint density at radius 2 is 1.94 bits per heavy atom. The van der Waals surface area contributed by atoms with Crippen molar-refractivity contribution in [1.29, 1.82) is 0 Å². The maximum absolute atomic E-state index is 11.0. The second-order valence-electron chi connectivity index (χ2n) is 8.88. The molecule has 3 aliphatic rings. The molecule has 3 unspecified atom stereocenters. The van der Waals surface area contributed by atoms with Gasteiger partial charge in [-0.1, -0.05) is 6.42 Å². The molecule has 0 radical (unpaired) electrons. The topological polar surface area (TPSA) is 161 Å². The molecule has 2 aromatic rings. The number of aliphatic hydroxyl groups is 2. The largest absolute Gasteiger partial charge is 0.387 e. The Morgan fingerprint density at radius 1 is 1.22 bits per heavy atom. The van der Waals surface area contributed by atoms with Gasteiger partial charge in [0.1, 0.15) is 41.8 Å². The molecule has 4 heterocycles. The van der Waals surface area contributed by atoms with Gasteiger partial charge in [-0.2, -0.15) is 4.98 Å². The number of fused-ring (bicyclic) bond motifs is 2. The molecular formula is C19H26ClN4O7P. The second kappa shape index (κ2) is 8.48. The van der Waals surface area contributed by atoms with Gasteiger partial charge in [0.15, 0.2) is 5.82 Å². The third-order valence-corrected chi connectivity index (χ3v) is 7.43. The molecule has 3 fully saturated rings. The van der Waals surface area contributed by atoms with Gasteiger partial charge in [0.25, 0.3) is 0 Å². The lowest BCUT2D eigenvalue weighted by Gasteiger charge is -2.19. The molecule has 2 saturated heterocycles. The molecule has 0 aromatic carbocycles. The van der Waals surface area contributed by atoms with Gasteiger partial charge in [0.2, 0.25) is 5.28 Å². The van der Waals surface area contributed by atoms with Gasteiger partial charge in [-0.3, -0.25) is 4.57 Å². The van der Waals surface area contributed by atoms with Crippen molar-refractivity contribution in [3.8, 4) is 0 Å². The van der Waals surface area contributed by atoms with Crippen LogP contribution >= 0.6 is 19.2 Å². The van der Waals surface area contributed by atoms with Gasteiger partial charge in [0, 0.05) is 24.8 Å². The van der Waals surface area contributed by atoms with E-state index in [4.69, 9.17) is 30.9 Å². The fourth-order valence-electron chi connectivity index (χ4n) is 5.27. The van der Waals surface area contributed by atoms with Crippen LogP contribution in [0.25, 0.3) is 11.0 Å². The number of hydrogen-bond acceptors (Lipinski definition) is 8. The fourth-order valence-corrected chi connectivity index (χ4v) is 5.78. The van der Waals surface area contributed by atoms with Gasteiger partial charge >= 0.3 is 7.60 Å². The maximum atomic E-state index is 11.0. The number of hydrogen-bond donors (Lipinski definition) is 5. The highest BCUT2D eigenvalue weighted by atomic mass is 35.5. The summed E-state index contributed by atoms with van der Waals surface area (Å²) in [6.45, 7) is 1.56. The van der Waals surface area contributed by atoms with E-state index < -0.39 is 38.4 Å². The minimum atomic E-state index is -4.35. The Balaban J connectivity index is 1.39. The van der Waals surface area contributed by atoms with Gasteiger partial charge in [-0.05, 0) is 36.3 Å². The molecule has 1 saturated carbocycles. The molecule has 5 rings (SSSR count). The number of nitrogens with zero attached hydrogens (tertiary/aromatic N) is 3.